The third-order valence-electron chi connectivity index (χ3n) is 3.75. The molecular weight excluding hydrogens is 280 g/mol. The molecule has 21 heavy (non-hydrogen) atoms. The summed E-state index contributed by atoms with van der Waals surface area (Å²) in [5, 5.41) is 9.12. The number of carboxylic acid groups (broad SMARTS) is 1. The minimum absolute atomic E-state index is 0.0237. The minimum Gasteiger partial charge on any atom is -0.480 e. The van der Waals surface area contributed by atoms with E-state index >= 15 is 0 Å². The van der Waals surface area contributed by atoms with Gasteiger partial charge in [0, 0.05) is 13.0 Å². The molecule has 0 bridgehead atoms. The van der Waals surface area contributed by atoms with E-state index in [9.17, 15) is 18.4 Å². The Bertz CT molecular complexity index is 548. The molecule has 1 amide bonds. The second-order valence-electron chi connectivity index (χ2n) is 5.15. The Morgan fingerprint density at radius 3 is 2.76 bits per heavy atom. The summed E-state index contributed by atoms with van der Waals surface area (Å²) in [6.45, 7) is 0.404. The lowest BCUT2D eigenvalue weighted by Gasteiger charge is -2.33. The SMILES string of the molecule is O=C(O)[C@@H]1CCCCN1C(=O)CCc1cccc(F)c1F. The van der Waals surface area contributed by atoms with Gasteiger partial charge in [-0.1, -0.05) is 12.1 Å². The zero-order valence-corrected chi connectivity index (χ0v) is 11.5. The maximum Gasteiger partial charge on any atom is 0.326 e. The van der Waals surface area contributed by atoms with Crippen LogP contribution in [0.4, 0.5) is 8.78 Å². The van der Waals surface area contributed by atoms with Gasteiger partial charge in [0.1, 0.15) is 6.04 Å². The topological polar surface area (TPSA) is 57.6 Å². The molecule has 1 fully saturated rings. The number of aliphatic carboxylic acids is 1. The van der Waals surface area contributed by atoms with Crippen molar-refractivity contribution in [3.63, 3.8) is 0 Å². The van der Waals surface area contributed by atoms with Crippen molar-refractivity contribution >= 4 is 11.9 Å². The van der Waals surface area contributed by atoms with Gasteiger partial charge in [-0.05, 0) is 37.3 Å². The Morgan fingerprint density at radius 2 is 2.05 bits per heavy atom. The fourth-order valence-corrected chi connectivity index (χ4v) is 2.61. The zero-order chi connectivity index (χ0) is 15.4. The summed E-state index contributed by atoms with van der Waals surface area (Å²) >= 11 is 0. The van der Waals surface area contributed by atoms with Crippen LogP contribution in [0, 0.1) is 11.6 Å². The van der Waals surface area contributed by atoms with Crippen LogP contribution in [-0.2, 0) is 16.0 Å². The third-order valence-corrected chi connectivity index (χ3v) is 3.75. The quantitative estimate of drug-likeness (QED) is 0.928. The summed E-state index contributed by atoms with van der Waals surface area (Å²) in [5.41, 5.74) is 0.132. The lowest BCUT2D eigenvalue weighted by atomic mass is 10.0. The van der Waals surface area contributed by atoms with Crippen LogP contribution in [0.1, 0.15) is 31.2 Å². The predicted molar refractivity (Wildman–Crippen MR) is 71.7 cm³/mol. The Kier molecular flexibility index (Phi) is 4.88. The highest BCUT2D eigenvalue weighted by atomic mass is 19.2. The van der Waals surface area contributed by atoms with Gasteiger partial charge < -0.3 is 10.0 Å². The average Bonchev–Trinajstić information content (AvgIpc) is 2.48. The lowest BCUT2D eigenvalue weighted by Crippen LogP contribution is -2.48. The maximum absolute atomic E-state index is 13.5. The van der Waals surface area contributed by atoms with E-state index in [-0.39, 0.29) is 24.3 Å². The molecule has 2 rings (SSSR count). The molecule has 0 saturated carbocycles. The van der Waals surface area contributed by atoms with E-state index in [1.54, 1.807) is 0 Å². The van der Waals surface area contributed by atoms with Gasteiger partial charge in [0.15, 0.2) is 11.6 Å². The maximum atomic E-state index is 13.5. The number of carboxylic acids is 1. The molecule has 1 heterocycles. The molecule has 0 aliphatic carbocycles. The van der Waals surface area contributed by atoms with Crippen LogP contribution >= 0.6 is 0 Å². The molecule has 4 nitrogen and oxygen atoms in total. The van der Waals surface area contributed by atoms with Gasteiger partial charge in [0.25, 0.3) is 0 Å². The molecule has 0 unspecified atom stereocenters. The minimum atomic E-state index is -1.01. The van der Waals surface area contributed by atoms with Crippen molar-refractivity contribution < 1.29 is 23.5 Å². The molecule has 1 aliphatic heterocycles. The fraction of sp³-hybridized carbons (Fsp3) is 0.467. The van der Waals surface area contributed by atoms with E-state index in [0.29, 0.717) is 13.0 Å². The van der Waals surface area contributed by atoms with E-state index < -0.39 is 23.6 Å². The third kappa shape index (κ3) is 3.56. The van der Waals surface area contributed by atoms with Gasteiger partial charge in [-0.25, -0.2) is 13.6 Å². The van der Waals surface area contributed by atoms with Crippen LogP contribution in [0.2, 0.25) is 0 Å². The molecule has 114 valence electrons. The number of carbonyl (C=O) groups is 2. The van der Waals surface area contributed by atoms with Crippen LogP contribution in [0.25, 0.3) is 0 Å². The zero-order valence-electron chi connectivity index (χ0n) is 11.5. The monoisotopic (exact) mass is 297 g/mol. The Balaban J connectivity index is 2.00. The first-order chi connectivity index (χ1) is 10.0. The smallest absolute Gasteiger partial charge is 0.326 e. The van der Waals surface area contributed by atoms with E-state index in [4.69, 9.17) is 5.11 Å². The average molecular weight is 297 g/mol. The second kappa shape index (κ2) is 6.65. The summed E-state index contributed by atoms with van der Waals surface area (Å²) in [6.07, 6.45) is 2.02. The molecule has 0 spiro atoms. The molecule has 0 radical (unpaired) electrons. The van der Waals surface area contributed by atoms with Gasteiger partial charge in [-0.15, -0.1) is 0 Å². The first-order valence-electron chi connectivity index (χ1n) is 6.96. The summed E-state index contributed by atoms with van der Waals surface area (Å²) in [5.74, 6) is -3.23. The van der Waals surface area contributed by atoms with Crippen LogP contribution < -0.4 is 0 Å². The normalized spacial score (nSPS) is 18.6. The largest absolute Gasteiger partial charge is 0.480 e. The molecule has 1 aromatic carbocycles. The first kappa shape index (κ1) is 15.4. The van der Waals surface area contributed by atoms with Crippen molar-refractivity contribution in [2.75, 3.05) is 6.54 Å². The summed E-state index contributed by atoms with van der Waals surface area (Å²) in [4.78, 5) is 24.6. The highest BCUT2D eigenvalue weighted by Gasteiger charge is 2.31. The van der Waals surface area contributed by atoms with Gasteiger partial charge in [-0.2, -0.15) is 0 Å². The van der Waals surface area contributed by atoms with Gasteiger partial charge in [0.2, 0.25) is 5.91 Å². The van der Waals surface area contributed by atoms with E-state index in [1.165, 1.54) is 17.0 Å². The number of hydrogen-bond acceptors (Lipinski definition) is 2. The molecule has 6 heteroatoms. The van der Waals surface area contributed by atoms with Crippen molar-refractivity contribution in [2.24, 2.45) is 0 Å². The van der Waals surface area contributed by atoms with Gasteiger partial charge in [-0.3, -0.25) is 4.79 Å². The number of benzene rings is 1. The number of piperidine rings is 1. The molecule has 1 saturated heterocycles. The number of aryl methyl sites for hydroxylation is 1. The van der Waals surface area contributed by atoms with E-state index in [0.717, 1.165) is 18.9 Å². The van der Waals surface area contributed by atoms with Crippen LogP contribution in [0.15, 0.2) is 18.2 Å². The Morgan fingerprint density at radius 1 is 1.29 bits per heavy atom. The highest BCUT2D eigenvalue weighted by molar-refractivity contribution is 5.84. The van der Waals surface area contributed by atoms with Crippen molar-refractivity contribution in [3.05, 3.63) is 35.4 Å². The fourth-order valence-electron chi connectivity index (χ4n) is 2.61. The molecule has 0 aromatic heterocycles. The van der Waals surface area contributed by atoms with Crippen molar-refractivity contribution in [3.8, 4) is 0 Å². The molecule has 1 aromatic rings. The molecular formula is C15H17F2NO3. The lowest BCUT2D eigenvalue weighted by molar-refractivity contribution is -0.152. The number of hydrogen-bond donors (Lipinski definition) is 1. The molecule has 1 aliphatic rings. The number of halogens is 2. The van der Waals surface area contributed by atoms with E-state index in [1.807, 2.05) is 0 Å². The van der Waals surface area contributed by atoms with Crippen molar-refractivity contribution in [2.45, 2.75) is 38.1 Å². The molecule has 1 atom stereocenters. The number of likely N-dealkylation sites (tertiary alicyclic amines) is 1. The van der Waals surface area contributed by atoms with Crippen molar-refractivity contribution in [1.29, 1.82) is 0 Å². The van der Waals surface area contributed by atoms with Crippen LogP contribution in [0.5, 0.6) is 0 Å². The standard InChI is InChI=1S/C15H17F2NO3/c16-11-5-3-4-10(14(11)17)7-8-13(19)18-9-2-1-6-12(18)15(20)21/h3-5,12H,1-2,6-9H2,(H,20,21)/t12-/m0/s1. The molecule has 1 N–H and O–H groups in total. The number of rotatable bonds is 4. The van der Waals surface area contributed by atoms with E-state index in [2.05, 4.69) is 0 Å². The number of carbonyl (C=O) groups excluding carboxylic acids is 1. The van der Waals surface area contributed by atoms with Gasteiger partial charge >= 0.3 is 5.97 Å². The highest BCUT2D eigenvalue weighted by Crippen LogP contribution is 2.20. The predicted octanol–water partition coefficient (Wildman–Crippen LogP) is 2.36. The summed E-state index contributed by atoms with van der Waals surface area (Å²) in [6, 6.07) is 3.03. The Hall–Kier alpha value is -1.98. The van der Waals surface area contributed by atoms with Crippen LogP contribution in [0.3, 0.4) is 0 Å². The summed E-state index contributed by atoms with van der Waals surface area (Å²) < 4.78 is 26.6. The van der Waals surface area contributed by atoms with Gasteiger partial charge in [0.05, 0.1) is 0 Å². The number of nitrogens with zero attached hydrogens (tertiary/aromatic N) is 1. The second-order valence-corrected chi connectivity index (χ2v) is 5.15. The first-order valence-corrected chi connectivity index (χ1v) is 6.96. The van der Waals surface area contributed by atoms with Crippen LogP contribution in [-0.4, -0.2) is 34.5 Å². The number of amides is 1. The van der Waals surface area contributed by atoms with Crippen molar-refractivity contribution in [1.82, 2.24) is 4.90 Å². The Labute approximate surface area is 121 Å². The summed E-state index contributed by atoms with van der Waals surface area (Å²) in [7, 11) is 0.